The van der Waals surface area contributed by atoms with Crippen molar-refractivity contribution in [2.75, 3.05) is 11.5 Å². The maximum Gasteiger partial charge on any atom is 0.133 e. The van der Waals surface area contributed by atoms with E-state index in [-0.39, 0.29) is 24.0 Å². The van der Waals surface area contributed by atoms with Crippen molar-refractivity contribution in [2.24, 2.45) is 0 Å². The van der Waals surface area contributed by atoms with Crippen LogP contribution in [0.3, 0.4) is 0 Å². The number of hydrogen-bond acceptors (Lipinski definition) is 8. The van der Waals surface area contributed by atoms with Crippen LogP contribution in [-0.4, -0.2) is 42.4 Å². The second-order valence-electron chi connectivity index (χ2n) is 7.71. The van der Waals surface area contributed by atoms with E-state index < -0.39 is 0 Å². The molecular formula is C20H30N6O2. The van der Waals surface area contributed by atoms with Crippen LogP contribution >= 0.6 is 0 Å². The third kappa shape index (κ3) is 5.84. The molecule has 4 atom stereocenters. The van der Waals surface area contributed by atoms with E-state index in [1.54, 1.807) is 24.5 Å². The number of aliphatic hydroxyl groups excluding tert-OH is 2. The summed E-state index contributed by atoms with van der Waals surface area (Å²) in [4.78, 5) is 16.8. The van der Waals surface area contributed by atoms with Gasteiger partial charge in [0.05, 0.1) is 12.2 Å². The van der Waals surface area contributed by atoms with Gasteiger partial charge in [0.1, 0.15) is 23.3 Å². The maximum absolute atomic E-state index is 9.52. The van der Waals surface area contributed by atoms with Gasteiger partial charge in [-0.3, -0.25) is 0 Å². The van der Waals surface area contributed by atoms with Crippen molar-refractivity contribution in [1.82, 2.24) is 19.9 Å². The molecule has 28 heavy (non-hydrogen) atoms. The van der Waals surface area contributed by atoms with Crippen LogP contribution in [0.1, 0.15) is 74.9 Å². The zero-order valence-electron chi connectivity index (χ0n) is 16.1. The Hall–Kier alpha value is -2.32. The van der Waals surface area contributed by atoms with E-state index in [0.29, 0.717) is 11.6 Å². The van der Waals surface area contributed by atoms with Crippen molar-refractivity contribution in [1.29, 1.82) is 0 Å². The minimum absolute atomic E-state index is 0.196. The standard InChI is InChI=1S/2C10H15N3O/c2*11-9-4-5-12-10(13-9)7-2-1-3-8(14)6-7/h2*4-5,7-8,14H,1-3,6H2,(H2,11,12,13)/t7-,8-;/m1./s1. The minimum Gasteiger partial charge on any atom is -0.393 e. The van der Waals surface area contributed by atoms with Gasteiger partial charge in [0.15, 0.2) is 0 Å². The maximum atomic E-state index is 9.52. The second-order valence-corrected chi connectivity index (χ2v) is 7.71. The topological polar surface area (TPSA) is 144 Å². The predicted molar refractivity (Wildman–Crippen MR) is 107 cm³/mol. The van der Waals surface area contributed by atoms with Gasteiger partial charge in [-0.05, 0) is 50.7 Å². The molecule has 2 aromatic rings. The Morgan fingerprint density at radius 1 is 0.714 bits per heavy atom. The molecule has 152 valence electrons. The van der Waals surface area contributed by atoms with Crippen LogP contribution in [0.25, 0.3) is 0 Å². The number of nitrogens with zero attached hydrogens (tertiary/aromatic N) is 4. The van der Waals surface area contributed by atoms with Gasteiger partial charge in [-0.1, -0.05) is 12.8 Å². The third-order valence-electron chi connectivity index (χ3n) is 5.41. The Morgan fingerprint density at radius 3 is 1.50 bits per heavy atom. The van der Waals surface area contributed by atoms with Crippen molar-refractivity contribution >= 4 is 11.6 Å². The summed E-state index contributed by atoms with van der Waals surface area (Å²) in [5, 5.41) is 19.0. The molecule has 2 aliphatic carbocycles. The first-order chi connectivity index (χ1) is 13.5. The average molecular weight is 387 g/mol. The van der Waals surface area contributed by atoms with Crippen LogP contribution in [0.2, 0.25) is 0 Å². The second kappa shape index (κ2) is 9.75. The molecular weight excluding hydrogens is 356 g/mol. The van der Waals surface area contributed by atoms with Gasteiger partial charge in [-0.25, -0.2) is 19.9 Å². The summed E-state index contributed by atoms with van der Waals surface area (Å²) in [5.74, 6) is 3.14. The summed E-state index contributed by atoms with van der Waals surface area (Å²) in [6.45, 7) is 0. The molecule has 4 rings (SSSR count). The van der Waals surface area contributed by atoms with E-state index in [0.717, 1.165) is 63.0 Å². The minimum atomic E-state index is -0.196. The van der Waals surface area contributed by atoms with Crippen molar-refractivity contribution in [3.8, 4) is 0 Å². The summed E-state index contributed by atoms with van der Waals surface area (Å²) in [7, 11) is 0. The Kier molecular flexibility index (Phi) is 7.11. The summed E-state index contributed by atoms with van der Waals surface area (Å²) in [5.41, 5.74) is 11.2. The molecule has 8 nitrogen and oxygen atoms in total. The molecule has 2 aliphatic rings. The molecule has 0 aromatic carbocycles. The molecule has 2 unspecified atom stereocenters. The lowest BCUT2D eigenvalue weighted by Crippen LogP contribution is -2.19. The highest BCUT2D eigenvalue weighted by Gasteiger charge is 2.24. The molecule has 0 aliphatic heterocycles. The number of rotatable bonds is 2. The van der Waals surface area contributed by atoms with Crippen molar-refractivity contribution in [3.63, 3.8) is 0 Å². The Bertz CT molecular complexity index is 695. The van der Waals surface area contributed by atoms with Gasteiger partial charge in [0, 0.05) is 24.2 Å². The Morgan fingerprint density at radius 2 is 1.14 bits per heavy atom. The lowest BCUT2D eigenvalue weighted by molar-refractivity contribution is 0.117. The number of anilines is 2. The zero-order chi connectivity index (χ0) is 19.9. The highest BCUT2D eigenvalue weighted by atomic mass is 16.3. The summed E-state index contributed by atoms with van der Waals surface area (Å²) >= 11 is 0. The monoisotopic (exact) mass is 386 g/mol. The normalized spacial score (nSPS) is 27.5. The van der Waals surface area contributed by atoms with Gasteiger partial charge < -0.3 is 21.7 Å². The number of nitrogen functional groups attached to an aromatic ring is 2. The first-order valence-electron chi connectivity index (χ1n) is 10.0. The van der Waals surface area contributed by atoms with Crippen LogP contribution in [-0.2, 0) is 0 Å². The molecule has 0 radical (unpaired) electrons. The summed E-state index contributed by atoms with van der Waals surface area (Å²) < 4.78 is 0. The molecule has 0 bridgehead atoms. The fraction of sp³-hybridized carbons (Fsp3) is 0.600. The smallest absolute Gasteiger partial charge is 0.133 e. The van der Waals surface area contributed by atoms with Crippen molar-refractivity contribution < 1.29 is 10.2 Å². The average Bonchev–Trinajstić information content (AvgIpc) is 2.69. The fourth-order valence-electron chi connectivity index (χ4n) is 3.97. The zero-order valence-corrected chi connectivity index (χ0v) is 16.1. The largest absolute Gasteiger partial charge is 0.393 e. The Balaban J connectivity index is 0.000000161. The molecule has 2 aromatic heterocycles. The SMILES string of the molecule is Nc1ccnc(C2CCCC(O)C2)n1.Nc1ccnc([C@@H]2CCC[C@@H](O)C2)n1. The lowest BCUT2D eigenvalue weighted by Gasteiger charge is -2.24. The highest BCUT2D eigenvalue weighted by molar-refractivity contribution is 5.26. The number of hydrogen-bond donors (Lipinski definition) is 4. The molecule has 0 spiro atoms. The Labute approximate surface area is 165 Å². The van der Waals surface area contributed by atoms with E-state index in [2.05, 4.69) is 19.9 Å². The van der Waals surface area contributed by atoms with Crippen LogP contribution in [0.15, 0.2) is 24.5 Å². The van der Waals surface area contributed by atoms with Gasteiger partial charge in [-0.2, -0.15) is 0 Å². The quantitative estimate of drug-likeness (QED) is 0.614. The lowest BCUT2D eigenvalue weighted by atomic mass is 9.87. The van der Waals surface area contributed by atoms with E-state index in [1.807, 2.05) is 0 Å². The third-order valence-corrected chi connectivity index (χ3v) is 5.41. The molecule has 2 fully saturated rings. The van der Waals surface area contributed by atoms with Gasteiger partial charge in [0.25, 0.3) is 0 Å². The molecule has 0 saturated heterocycles. The predicted octanol–water partition coefficient (Wildman–Crippen LogP) is 2.15. The van der Waals surface area contributed by atoms with E-state index in [4.69, 9.17) is 11.5 Å². The first-order valence-corrected chi connectivity index (χ1v) is 10.0. The summed E-state index contributed by atoms with van der Waals surface area (Å²) in [6.07, 6.45) is 10.5. The number of aliphatic hydroxyl groups is 2. The summed E-state index contributed by atoms with van der Waals surface area (Å²) in [6, 6.07) is 3.37. The van der Waals surface area contributed by atoms with Gasteiger partial charge in [0.2, 0.25) is 0 Å². The van der Waals surface area contributed by atoms with Crippen LogP contribution in [0, 0.1) is 0 Å². The van der Waals surface area contributed by atoms with E-state index >= 15 is 0 Å². The van der Waals surface area contributed by atoms with Crippen LogP contribution in [0.5, 0.6) is 0 Å². The molecule has 8 heteroatoms. The number of aromatic nitrogens is 4. The van der Waals surface area contributed by atoms with E-state index in [1.165, 1.54) is 0 Å². The highest BCUT2D eigenvalue weighted by Crippen LogP contribution is 2.31. The van der Waals surface area contributed by atoms with Gasteiger partial charge in [-0.15, -0.1) is 0 Å². The van der Waals surface area contributed by atoms with E-state index in [9.17, 15) is 10.2 Å². The van der Waals surface area contributed by atoms with Crippen molar-refractivity contribution in [2.45, 2.75) is 75.4 Å². The first kappa shape index (κ1) is 20.4. The molecule has 0 amide bonds. The van der Waals surface area contributed by atoms with Crippen LogP contribution in [0.4, 0.5) is 11.6 Å². The van der Waals surface area contributed by atoms with Gasteiger partial charge >= 0.3 is 0 Å². The molecule has 2 saturated carbocycles. The van der Waals surface area contributed by atoms with Crippen molar-refractivity contribution in [3.05, 3.63) is 36.2 Å². The fourth-order valence-corrected chi connectivity index (χ4v) is 3.97. The molecule has 2 heterocycles. The number of nitrogens with two attached hydrogens (primary N) is 2. The van der Waals surface area contributed by atoms with Crippen LogP contribution < -0.4 is 11.5 Å². The molecule has 6 N–H and O–H groups in total.